The Morgan fingerprint density at radius 1 is 1.03 bits per heavy atom. The molecule has 0 aliphatic rings. The van der Waals surface area contributed by atoms with E-state index in [0.717, 1.165) is 15.0 Å². The van der Waals surface area contributed by atoms with Gasteiger partial charge in [-0.2, -0.15) is 0 Å². The number of anilines is 2. The number of aromatic carboxylic acids is 1. The molecule has 4 aromatic rings. The number of benzene rings is 2. The van der Waals surface area contributed by atoms with Crippen molar-refractivity contribution in [3.8, 4) is 0 Å². The van der Waals surface area contributed by atoms with Gasteiger partial charge in [-0.15, -0.1) is 22.7 Å². The van der Waals surface area contributed by atoms with Gasteiger partial charge in [-0.05, 0) is 31.2 Å². The van der Waals surface area contributed by atoms with Crippen LogP contribution in [0.3, 0.4) is 0 Å². The molecule has 10 heteroatoms. The number of thiazole rings is 1. The second kappa shape index (κ2) is 8.46. The van der Waals surface area contributed by atoms with Gasteiger partial charge in [0.1, 0.15) is 4.88 Å². The van der Waals surface area contributed by atoms with Crippen molar-refractivity contribution in [2.24, 2.45) is 0 Å². The van der Waals surface area contributed by atoms with Gasteiger partial charge in [0.25, 0.3) is 11.8 Å². The maximum absolute atomic E-state index is 12.9. The fourth-order valence-electron chi connectivity index (χ4n) is 2.89. The van der Waals surface area contributed by atoms with Crippen molar-refractivity contribution < 1.29 is 19.5 Å². The van der Waals surface area contributed by atoms with Crippen LogP contribution in [0.1, 0.15) is 35.3 Å². The highest BCUT2D eigenvalue weighted by molar-refractivity contribution is 7.21. The van der Waals surface area contributed by atoms with Gasteiger partial charge in [-0.1, -0.05) is 29.8 Å². The number of nitrogens with one attached hydrogen (secondary N) is 2. The molecule has 2 heterocycles. The van der Waals surface area contributed by atoms with Gasteiger partial charge in [0.15, 0.2) is 5.13 Å². The molecule has 2 amide bonds. The number of thiophene rings is 1. The number of aromatic nitrogens is 1. The average Bonchev–Trinajstić information content (AvgIpc) is 3.31. The van der Waals surface area contributed by atoms with Crippen molar-refractivity contribution in [3.05, 3.63) is 74.6 Å². The topological polar surface area (TPSA) is 108 Å². The van der Waals surface area contributed by atoms with Crippen LogP contribution < -0.4 is 10.6 Å². The van der Waals surface area contributed by atoms with Crippen molar-refractivity contribution in [1.82, 2.24) is 4.98 Å². The normalized spacial score (nSPS) is 10.8. The number of nitrogens with zero attached hydrogens (tertiary/aromatic N) is 1. The third-order valence-electron chi connectivity index (χ3n) is 4.34. The molecule has 0 aliphatic carbocycles. The first-order chi connectivity index (χ1) is 14.8. The maximum atomic E-state index is 12.9. The van der Waals surface area contributed by atoms with E-state index in [1.807, 2.05) is 31.2 Å². The van der Waals surface area contributed by atoms with E-state index in [0.29, 0.717) is 15.0 Å². The van der Waals surface area contributed by atoms with E-state index in [9.17, 15) is 19.5 Å². The van der Waals surface area contributed by atoms with Crippen molar-refractivity contribution in [1.29, 1.82) is 0 Å². The van der Waals surface area contributed by atoms with Gasteiger partial charge < -0.3 is 10.4 Å². The molecule has 3 N–H and O–H groups in total. The van der Waals surface area contributed by atoms with Gasteiger partial charge >= 0.3 is 5.97 Å². The Bertz CT molecular complexity index is 1350. The Balaban J connectivity index is 1.68. The molecule has 0 fully saturated rings. The lowest BCUT2D eigenvalue weighted by Gasteiger charge is -2.11. The molecular formula is C21H14ClN3O4S2. The average molecular weight is 472 g/mol. The zero-order chi connectivity index (χ0) is 22.1. The van der Waals surface area contributed by atoms with Crippen molar-refractivity contribution in [2.75, 3.05) is 10.6 Å². The summed E-state index contributed by atoms with van der Waals surface area (Å²) < 4.78 is 0.857. The van der Waals surface area contributed by atoms with Crippen molar-refractivity contribution in [3.63, 3.8) is 0 Å². The predicted octanol–water partition coefficient (Wildman–Crippen LogP) is 5.52. The number of carbonyl (C=O) groups is 3. The highest BCUT2D eigenvalue weighted by Crippen LogP contribution is 2.35. The third kappa shape index (κ3) is 4.29. The molecule has 0 radical (unpaired) electrons. The molecule has 0 unspecified atom stereocenters. The summed E-state index contributed by atoms with van der Waals surface area (Å²) in [6, 6.07) is 11.3. The van der Waals surface area contributed by atoms with Gasteiger partial charge in [0.2, 0.25) is 0 Å². The summed E-state index contributed by atoms with van der Waals surface area (Å²) in [5.41, 5.74) is 0.0750. The number of amides is 2. The Labute approximate surface area is 189 Å². The third-order valence-corrected chi connectivity index (χ3v) is 6.84. The summed E-state index contributed by atoms with van der Waals surface area (Å²) in [6.45, 7) is 1.85. The zero-order valence-electron chi connectivity index (χ0n) is 15.9. The molecule has 0 spiro atoms. The van der Waals surface area contributed by atoms with Gasteiger partial charge in [0.05, 0.1) is 21.8 Å². The summed E-state index contributed by atoms with van der Waals surface area (Å²) in [6.07, 6.45) is 1.61. The first-order valence-electron chi connectivity index (χ1n) is 8.93. The van der Waals surface area contributed by atoms with Crippen LogP contribution in [0.5, 0.6) is 0 Å². The summed E-state index contributed by atoms with van der Waals surface area (Å²) in [5.74, 6) is -2.27. The molecule has 2 aromatic heterocycles. The van der Waals surface area contributed by atoms with Gasteiger partial charge in [0, 0.05) is 21.2 Å². The number of hydrogen-bond donors (Lipinski definition) is 3. The lowest BCUT2D eigenvalue weighted by atomic mass is 10.1. The Hall–Kier alpha value is -3.27. The minimum atomic E-state index is -1.19. The molecule has 0 bridgehead atoms. The van der Waals surface area contributed by atoms with Crippen LogP contribution in [-0.2, 0) is 0 Å². The van der Waals surface area contributed by atoms with E-state index in [2.05, 4.69) is 15.6 Å². The van der Waals surface area contributed by atoms with E-state index < -0.39 is 17.8 Å². The number of hydrogen-bond acceptors (Lipinski definition) is 6. The van der Waals surface area contributed by atoms with Gasteiger partial charge in [-0.25, -0.2) is 9.78 Å². The monoisotopic (exact) mass is 471 g/mol. The lowest BCUT2D eigenvalue weighted by molar-refractivity contribution is 0.0696. The summed E-state index contributed by atoms with van der Waals surface area (Å²) >= 11 is 8.89. The Morgan fingerprint density at radius 3 is 2.48 bits per heavy atom. The minimum Gasteiger partial charge on any atom is -0.478 e. The van der Waals surface area contributed by atoms with Crippen LogP contribution >= 0.6 is 34.3 Å². The second-order valence-electron chi connectivity index (χ2n) is 6.49. The molecule has 0 aliphatic heterocycles. The molecule has 0 saturated carbocycles. The van der Waals surface area contributed by atoms with Crippen LogP contribution in [0.25, 0.3) is 10.1 Å². The van der Waals surface area contributed by atoms with E-state index in [4.69, 9.17) is 11.6 Å². The maximum Gasteiger partial charge on any atom is 0.335 e. The Kier molecular flexibility index (Phi) is 5.73. The molecule has 0 saturated heterocycles. The molecular weight excluding hydrogens is 458 g/mol. The zero-order valence-corrected chi connectivity index (χ0v) is 18.3. The van der Waals surface area contributed by atoms with Crippen LogP contribution in [0.2, 0.25) is 5.02 Å². The van der Waals surface area contributed by atoms with Crippen molar-refractivity contribution >= 4 is 73.0 Å². The molecule has 31 heavy (non-hydrogen) atoms. The van der Waals surface area contributed by atoms with E-state index in [-0.39, 0.29) is 16.8 Å². The molecule has 156 valence electrons. The number of aryl methyl sites for hydroxylation is 1. The van der Waals surface area contributed by atoms with Crippen LogP contribution in [0.15, 0.2) is 48.7 Å². The summed E-state index contributed by atoms with van der Waals surface area (Å²) in [7, 11) is 0. The number of halogens is 1. The van der Waals surface area contributed by atoms with E-state index >= 15 is 0 Å². The first kappa shape index (κ1) is 21.0. The summed E-state index contributed by atoms with van der Waals surface area (Å²) in [4.78, 5) is 42.4. The van der Waals surface area contributed by atoms with Crippen LogP contribution in [-0.4, -0.2) is 27.9 Å². The summed E-state index contributed by atoms with van der Waals surface area (Å²) in [5, 5.41) is 16.1. The highest BCUT2D eigenvalue weighted by atomic mass is 35.5. The number of rotatable bonds is 5. The number of carboxylic acid groups (broad SMARTS) is 1. The quantitative estimate of drug-likeness (QED) is 0.355. The molecule has 0 atom stereocenters. The number of carbonyl (C=O) groups excluding carboxylic acids is 2. The molecule has 2 aromatic carbocycles. The van der Waals surface area contributed by atoms with E-state index in [1.165, 1.54) is 40.9 Å². The lowest BCUT2D eigenvalue weighted by Crippen LogP contribution is -2.18. The SMILES string of the molecule is Cc1cnc(NC(=O)c2cc(C(=O)O)ccc2NC(=O)c2sc3ccccc3c2Cl)s1. The van der Waals surface area contributed by atoms with Gasteiger partial charge in [-0.3, -0.25) is 14.9 Å². The van der Waals surface area contributed by atoms with Crippen molar-refractivity contribution in [2.45, 2.75) is 6.92 Å². The second-order valence-corrected chi connectivity index (χ2v) is 9.16. The largest absolute Gasteiger partial charge is 0.478 e. The fraction of sp³-hybridized carbons (Fsp3) is 0.0476. The first-order valence-corrected chi connectivity index (χ1v) is 10.9. The molecule has 7 nitrogen and oxygen atoms in total. The standard InChI is InChI=1S/C21H14ClN3O4S2/c1-10-9-23-21(30-10)25-18(26)13-8-11(20(28)29)6-7-14(13)24-19(27)17-16(22)12-4-2-3-5-15(12)31-17/h2-9H,1H3,(H,24,27)(H,28,29)(H,23,25,26). The number of carboxylic acids is 1. The Morgan fingerprint density at radius 2 is 1.81 bits per heavy atom. The fourth-order valence-corrected chi connectivity index (χ4v) is 4.96. The molecule has 4 rings (SSSR count). The highest BCUT2D eigenvalue weighted by Gasteiger charge is 2.21. The van der Waals surface area contributed by atoms with E-state index in [1.54, 1.807) is 6.20 Å². The minimum absolute atomic E-state index is 0.00154. The van der Waals surface area contributed by atoms with Crippen LogP contribution in [0.4, 0.5) is 10.8 Å². The number of fused-ring (bicyclic) bond motifs is 1. The predicted molar refractivity (Wildman–Crippen MR) is 123 cm³/mol. The smallest absolute Gasteiger partial charge is 0.335 e. The van der Waals surface area contributed by atoms with Crippen LogP contribution in [0, 0.1) is 6.92 Å².